The van der Waals surface area contributed by atoms with Gasteiger partial charge >= 0.3 is 5.97 Å². The second-order valence-electron chi connectivity index (χ2n) is 8.96. The van der Waals surface area contributed by atoms with Gasteiger partial charge in [0.25, 0.3) is 5.91 Å². The van der Waals surface area contributed by atoms with Crippen molar-refractivity contribution in [1.29, 1.82) is 0 Å². The number of carbonyl (C=O) groups excluding carboxylic acids is 2. The number of halogens is 2. The molecule has 4 rings (SSSR count). The van der Waals surface area contributed by atoms with Crippen molar-refractivity contribution in [3.63, 3.8) is 0 Å². The van der Waals surface area contributed by atoms with Gasteiger partial charge in [0.15, 0.2) is 17.5 Å². The van der Waals surface area contributed by atoms with E-state index in [9.17, 15) is 9.59 Å². The first-order chi connectivity index (χ1) is 16.5. The van der Waals surface area contributed by atoms with Crippen LogP contribution in [0.1, 0.15) is 69.8 Å². The first-order valence-electron chi connectivity index (χ1n) is 12.0. The molecule has 6 nitrogen and oxygen atoms in total. The van der Waals surface area contributed by atoms with Crippen LogP contribution in [0.2, 0.25) is 5.02 Å². The van der Waals surface area contributed by atoms with E-state index in [1.54, 1.807) is 6.07 Å². The molecule has 0 aromatic heterocycles. The maximum atomic E-state index is 13.5. The lowest BCUT2D eigenvalue weighted by Crippen LogP contribution is -2.41. The van der Waals surface area contributed by atoms with Crippen molar-refractivity contribution in [1.82, 2.24) is 4.90 Å². The monoisotopic (exact) mass is 568 g/mol. The highest BCUT2D eigenvalue weighted by molar-refractivity contribution is 9.10. The minimum absolute atomic E-state index is 0.0322. The van der Waals surface area contributed by atoms with E-state index in [0.29, 0.717) is 26.2 Å². The van der Waals surface area contributed by atoms with Crippen molar-refractivity contribution in [2.24, 2.45) is 4.99 Å². The molecule has 34 heavy (non-hydrogen) atoms. The number of aliphatic imine (C=N–C) groups is 1. The van der Waals surface area contributed by atoms with E-state index in [1.807, 2.05) is 17.0 Å². The Hall–Kier alpha value is -1.51. The minimum atomic E-state index is -0.491. The summed E-state index contributed by atoms with van der Waals surface area (Å²) >= 11 is 11.4. The highest BCUT2D eigenvalue weighted by atomic mass is 79.9. The van der Waals surface area contributed by atoms with E-state index >= 15 is 0 Å². The Morgan fingerprint density at radius 3 is 2.50 bits per heavy atom. The zero-order valence-electron chi connectivity index (χ0n) is 19.4. The quantitative estimate of drug-likeness (QED) is 0.285. The Labute approximate surface area is 218 Å². The molecule has 1 heterocycles. The van der Waals surface area contributed by atoms with Crippen LogP contribution in [-0.4, -0.2) is 47.7 Å². The van der Waals surface area contributed by atoms with E-state index < -0.39 is 5.97 Å². The SMILES string of the molecule is COC(=O)COc1c(Cl)cc(C=C2SC(=NC3CCCCC3)N(C3CCCCC3)C2=O)cc1Br. The molecule has 0 unspecified atom stereocenters. The molecule has 2 aliphatic carbocycles. The summed E-state index contributed by atoms with van der Waals surface area (Å²) in [6, 6.07) is 4.11. The van der Waals surface area contributed by atoms with Crippen LogP contribution in [0.5, 0.6) is 5.75 Å². The van der Waals surface area contributed by atoms with Crippen molar-refractivity contribution >= 4 is 62.4 Å². The molecule has 2 saturated carbocycles. The number of hydrogen-bond donors (Lipinski definition) is 0. The maximum Gasteiger partial charge on any atom is 0.343 e. The second kappa shape index (κ2) is 12.0. The van der Waals surface area contributed by atoms with Crippen LogP contribution in [0.15, 0.2) is 26.5 Å². The van der Waals surface area contributed by atoms with Gasteiger partial charge in [-0.05, 0) is 77.1 Å². The van der Waals surface area contributed by atoms with Gasteiger partial charge < -0.3 is 9.47 Å². The molecule has 1 aromatic carbocycles. The number of methoxy groups -OCH3 is 1. The van der Waals surface area contributed by atoms with Gasteiger partial charge in [-0.15, -0.1) is 0 Å². The fraction of sp³-hybridized carbons (Fsp3) is 0.560. The number of thioether (sulfide) groups is 1. The topological polar surface area (TPSA) is 68.2 Å². The first kappa shape index (κ1) is 25.6. The highest BCUT2D eigenvalue weighted by Crippen LogP contribution is 2.40. The minimum Gasteiger partial charge on any atom is -0.479 e. The Morgan fingerprint density at radius 2 is 1.85 bits per heavy atom. The predicted molar refractivity (Wildman–Crippen MR) is 140 cm³/mol. The van der Waals surface area contributed by atoms with Gasteiger partial charge in [-0.25, -0.2) is 4.79 Å². The summed E-state index contributed by atoms with van der Waals surface area (Å²) < 4.78 is 10.7. The molecule has 0 atom stereocenters. The number of rotatable bonds is 6. The number of esters is 1. The predicted octanol–water partition coefficient (Wildman–Crippen LogP) is 6.59. The van der Waals surface area contributed by atoms with Gasteiger partial charge in [-0.1, -0.05) is 50.1 Å². The summed E-state index contributed by atoms with van der Waals surface area (Å²) in [7, 11) is 1.30. The number of nitrogens with zero attached hydrogens (tertiary/aromatic N) is 2. The average molecular weight is 570 g/mol. The van der Waals surface area contributed by atoms with Crippen LogP contribution in [-0.2, 0) is 14.3 Å². The molecule has 1 aliphatic heterocycles. The largest absolute Gasteiger partial charge is 0.479 e. The van der Waals surface area contributed by atoms with E-state index in [-0.39, 0.29) is 18.6 Å². The van der Waals surface area contributed by atoms with Crippen molar-refractivity contribution in [2.45, 2.75) is 76.3 Å². The zero-order chi connectivity index (χ0) is 24.1. The van der Waals surface area contributed by atoms with Gasteiger partial charge in [0, 0.05) is 6.04 Å². The molecular formula is C25H30BrClN2O4S. The van der Waals surface area contributed by atoms with Crippen LogP contribution in [0.4, 0.5) is 0 Å². The van der Waals surface area contributed by atoms with Gasteiger partial charge in [-0.2, -0.15) is 0 Å². The van der Waals surface area contributed by atoms with Gasteiger partial charge in [-0.3, -0.25) is 14.7 Å². The number of amidine groups is 1. The molecule has 0 bridgehead atoms. The molecule has 0 spiro atoms. The summed E-state index contributed by atoms with van der Waals surface area (Å²) in [5, 5.41) is 1.21. The number of hydrogen-bond acceptors (Lipinski definition) is 6. The Morgan fingerprint density at radius 1 is 1.18 bits per heavy atom. The van der Waals surface area contributed by atoms with Crippen molar-refractivity contribution in [3.8, 4) is 5.75 Å². The lowest BCUT2D eigenvalue weighted by molar-refractivity contribution is -0.142. The van der Waals surface area contributed by atoms with E-state index in [4.69, 9.17) is 21.3 Å². The number of benzene rings is 1. The summed E-state index contributed by atoms with van der Waals surface area (Å²) in [4.78, 5) is 32.7. The third-order valence-electron chi connectivity index (χ3n) is 6.52. The lowest BCUT2D eigenvalue weighted by atomic mass is 9.94. The van der Waals surface area contributed by atoms with Crippen LogP contribution >= 0.6 is 39.3 Å². The molecule has 184 valence electrons. The number of amides is 1. The summed E-state index contributed by atoms with van der Waals surface area (Å²) in [6.07, 6.45) is 13.4. The van der Waals surface area contributed by atoms with Crippen LogP contribution in [0, 0.1) is 0 Å². The Bertz CT molecular complexity index is 964. The van der Waals surface area contributed by atoms with E-state index in [2.05, 4.69) is 20.7 Å². The first-order valence-corrected chi connectivity index (χ1v) is 13.9. The fourth-order valence-electron chi connectivity index (χ4n) is 4.75. The molecule has 9 heteroatoms. The van der Waals surface area contributed by atoms with Crippen LogP contribution < -0.4 is 4.74 Å². The smallest absolute Gasteiger partial charge is 0.343 e. The lowest BCUT2D eigenvalue weighted by Gasteiger charge is -2.31. The fourth-order valence-corrected chi connectivity index (χ4v) is 6.84. The van der Waals surface area contributed by atoms with Crippen LogP contribution in [0.3, 0.4) is 0 Å². The number of ether oxygens (including phenoxy) is 2. The molecule has 1 saturated heterocycles. The van der Waals surface area contributed by atoms with Gasteiger partial charge in [0.2, 0.25) is 0 Å². The van der Waals surface area contributed by atoms with E-state index in [0.717, 1.165) is 49.3 Å². The Balaban J connectivity index is 1.59. The normalized spacial score (nSPS) is 22.6. The van der Waals surface area contributed by atoms with Crippen molar-refractivity contribution in [2.75, 3.05) is 13.7 Å². The number of carbonyl (C=O) groups is 2. The van der Waals surface area contributed by atoms with Crippen LogP contribution in [0.25, 0.3) is 6.08 Å². The summed E-state index contributed by atoms with van der Waals surface area (Å²) in [6.45, 7) is -0.235. The molecule has 3 fully saturated rings. The molecule has 0 radical (unpaired) electrons. The third kappa shape index (κ3) is 6.18. The zero-order valence-corrected chi connectivity index (χ0v) is 22.5. The standard InChI is InChI=1S/C25H30BrClN2O4S/c1-32-22(30)15-33-23-19(26)12-16(13-20(23)27)14-21-24(31)29(18-10-6-3-7-11-18)25(34-21)28-17-8-4-2-5-9-17/h12-14,17-18H,2-11,15H2,1H3. The van der Waals surface area contributed by atoms with Crippen molar-refractivity contribution in [3.05, 3.63) is 32.1 Å². The second-order valence-corrected chi connectivity index (χ2v) is 11.2. The molecule has 3 aliphatic rings. The van der Waals surface area contributed by atoms with Gasteiger partial charge in [0.1, 0.15) is 0 Å². The highest BCUT2D eigenvalue weighted by Gasteiger charge is 2.39. The Kier molecular flexibility index (Phi) is 8.99. The molecule has 1 aromatic rings. The maximum absolute atomic E-state index is 13.5. The summed E-state index contributed by atoms with van der Waals surface area (Å²) in [5.41, 5.74) is 0.778. The molecule has 0 N–H and O–H groups in total. The van der Waals surface area contributed by atoms with Crippen molar-refractivity contribution < 1.29 is 19.1 Å². The van der Waals surface area contributed by atoms with E-state index in [1.165, 1.54) is 44.6 Å². The summed E-state index contributed by atoms with van der Waals surface area (Å²) in [5.74, 6) is -0.0950. The average Bonchev–Trinajstić information content (AvgIpc) is 3.13. The molecular weight excluding hydrogens is 540 g/mol. The third-order valence-corrected chi connectivity index (χ3v) is 8.39. The molecule has 1 amide bonds. The van der Waals surface area contributed by atoms with Gasteiger partial charge in [0.05, 0.1) is 27.6 Å².